The first-order chi connectivity index (χ1) is 17.4. The number of benzene rings is 3. The predicted octanol–water partition coefficient (Wildman–Crippen LogP) is 5.90. The van der Waals surface area contributed by atoms with Crippen molar-refractivity contribution < 1.29 is 14.3 Å². The van der Waals surface area contributed by atoms with Crippen LogP contribution in [0.3, 0.4) is 0 Å². The summed E-state index contributed by atoms with van der Waals surface area (Å²) < 4.78 is 7.49. The van der Waals surface area contributed by atoms with Gasteiger partial charge < -0.3 is 9.30 Å². The smallest absolute Gasteiger partial charge is 0.285 e. The Labute approximate surface area is 222 Å². The zero-order valence-corrected chi connectivity index (χ0v) is 21.5. The molecule has 4 aromatic rings. The van der Waals surface area contributed by atoms with Crippen LogP contribution in [-0.4, -0.2) is 32.8 Å². The number of hydrogen-bond acceptors (Lipinski definition) is 5. The number of methoxy groups -OCH3 is 1. The summed E-state index contributed by atoms with van der Waals surface area (Å²) in [7, 11) is 1.55. The molecule has 1 fully saturated rings. The second-order valence-electron chi connectivity index (χ2n) is 8.01. The Morgan fingerprint density at radius 1 is 1.08 bits per heavy atom. The molecule has 2 heterocycles. The van der Waals surface area contributed by atoms with Gasteiger partial charge in [-0.3, -0.25) is 15.0 Å². The van der Waals surface area contributed by atoms with Gasteiger partial charge in [0.2, 0.25) is 0 Å². The van der Waals surface area contributed by atoms with Gasteiger partial charge in [0.05, 0.1) is 12.0 Å². The Kier molecular flexibility index (Phi) is 6.82. The number of thioether (sulfide) groups is 1. The maximum Gasteiger partial charge on any atom is 0.285 e. The van der Waals surface area contributed by atoms with E-state index in [1.54, 1.807) is 31.4 Å². The molecule has 0 aliphatic carbocycles. The van der Waals surface area contributed by atoms with Crippen molar-refractivity contribution >= 4 is 68.7 Å². The van der Waals surface area contributed by atoms with Gasteiger partial charge in [0, 0.05) is 39.8 Å². The second kappa shape index (κ2) is 10.2. The van der Waals surface area contributed by atoms with Crippen LogP contribution in [0, 0.1) is 0 Å². The standard InChI is InChI=1S/C27H20ClN3O3S2/c1-34-20-12-10-17(11-13-20)25(32)29-31-26(33)24(36-27(31)35)14-19-16-30(23-9-5-3-7-21(19)23)15-18-6-2-4-8-22(18)28/h2-14,16H,15H2,1H3,(H,29,32)/b24-14+. The summed E-state index contributed by atoms with van der Waals surface area (Å²) in [6.45, 7) is 0.590. The summed E-state index contributed by atoms with van der Waals surface area (Å²) in [4.78, 5) is 26.3. The van der Waals surface area contributed by atoms with Crippen molar-refractivity contribution in [2.75, 3.05) is 7.11 Å². The topological polar surface area (TPSA) is 63.6 Å². The van der Waals surface area contributed by atoms with E-state index in [1.807, 2.05) is 60.8 Å². The Morgan fingerprint density at radius 3 is 2.56 bits per heavy atom. The van der Waals surface area contributed by atoms with Gasteiger partial charge in [0.1, 0.15) is 5.75 Å². The zero-order chi connectivity index (χ0) is 25.2. The Morgan fingerprint density at radius 2 is 1.81 bits per heavy atom. The average molecular weight is 534 g/mol. The van der Waals surface area contributed by atoms with Crippen LogP contribution in [0.2, 0.25) is 5.02 Å². The van der Waals surface area contributed by atoms with Crippen molar-refractivity contribution in [3.05, 3.63) is 106 Å². The van der Waals surface area contributed by atoms with Crippen LogP contribution in [0.1, 0.15) is 21.5 Å². The molecule has 1 aliphatic heterocycles. The Hall–Kier alpha value is -3.59. The number of nitrogens with one attached hydrogen (secondary N) is 1. The van der Waals surface area contributed by atoms with Crippen molar-refractivity contribution in [2.45, 2.75) is 6.54 Å². The van der Waals surface area contributed by atoms with E-state index < -0.39 is 5.91 Å². The Balaban J connectivity index is 1.41. The van der Waals surface area contributed by atoms with E-state index in [0.717, 1.165) is 38.8 Å². The molecule has 6 nitrogen and oxygen atoms in total. The first-order valence-electron chi connectivity index (χ1n) is 11.0. The van der Waals surface area contributed by atoms with E-state index >= 15 is 0 Å². The number of hydrogen-bond donors (Lipinski definition) is 1. The molecule has 0 spiro atoms. The molecule has 0 unspecified atom stereocenters. The number of halogens is 1. The molecule has 9 heteroatoms. The quantitative estimate of drug-likeness (QED) is 0.247. The lowest BCUT2D eigenvalue weighted by Gasteiger charge is -2.15. The number of hydrazine groups is 1. The minimum Gasteiger partial charge on any atom is -0.497 e. The van der Waals surface area contributed by atoms with Crippen molar-refractivity contribution in [3.8, 4) is 5.75 Å². The molecule has 1 N–H and O–H groups in total. The molecule has 36 heavy (non-hydrogen) atoms. The number of para-hydroxylation sites is 1. The lowest BCUT2D eigenvalue weighted by molar-refractivity contribution is -0.123. The van der Waals surface area contributed by atoms with E-state index in [1.165, 1.54) is 0 Å². The van der Waals surface area contributed by atoms with Gasteiger partial charge in [0.15, 0.2) is 4.32 Å². The van der Waals surface area contributed by atoms with Crippen LogP contribution in [0.5, 0.6) is 5.75 Å². The SMILES string of the molecule is COc1ccc(C(=O)NN2C(=O)/C(=C\c3cn(Cc4ccccc4Cl)c4ccccc34)SC2=S)cc1. The molecule has 0 saturated carbocycles. The van der Waals surface area contributed by atoms with Crippen molar-refractivity contribution in [3.63, 3.8) is 0 Å². The van der Waals surface area contributed by atoms with Crippen LogP contribution in [0.15, 0.2) is 83.9 Å². The largest absolute Gasteiger partial charge is 0.497 e. The predicted molar refractivity (Wildman–Crippen MR) is 148 cm³/mol. The molecular weight excluding hydrogens is 514 g/mol. The minimum atomic E-state index is -0.438. The third kappa shape index (κ3) is 4.75. The number of amides is 2. The van der Waals surface area contributed by atoms with Crippen LogP contribution in [-0.2, 0) is 11.3 Å². The number of fused-ring (bicyclic) bond motifs is 1. The van der Waals surface area contributed by atoms with E-state index in [0.29, 0.717) is 27.8 Å². The Bertz CT molecular complexity index is 1530. The van der Waals surface area contributed by atoms with Gasteiger partial charge in [-0.25, -0.2) is 0 Å². The number of carbonyl (C=O) groups is 2. The summed E-state index contributed by atoms with van der Waals surface area (Å²) >= 11 is 12.9. The fourth-order valence-electron chi connectivity index (χ4n) is 3.94. The van der Waals surface area contributed by atoms with E-state index in [9.17, 15) is 9.59 Å². The van der Waals surface area contributed by atoms with Crippen molar-refractivity contribution in [1.82, 2.24) is 15.0 Å². The normalized spacial score (nSPS) is 14.6. The maximum absolute atomic E-state index is 13.2. The zero-order valence-electron chi connectivity index (χ0n) is 19.1. The highest BCUT2D eigenvalue weighted by atomic mass is 35.5. The fraction of sp³-hybridized carbons (Fsp3) is 0.0741. The monoisotopic (exact) mass is 533 g/mol. The van der Waals surface area contributed by atoms with Crippen LogP contribution in [0.4, 0.5) is 0 Å². The molecule has 1 saturated heterocycles. The summed E-state index contributed by atoms with van der Waals surface area (Å²) in [5, 5.41) is 2.81. The van der Waals surface area contributed by atoms with Gasteiger partial charge in [-0.1, -0.05) is 59.8 Å². The van der Waals surface area contributed by atoms with Gasteiger partial charge in [-0.05, 0) is 60.3 Å². The molecule has 5 rings (SSSR count). The number of thiocarbonyl (C=S) groups is 1. The van der Waals surface area contributed by atoms with Gasteiger partial charge >= 0.3 is 0 Å². The number of ether oxygens (including phenoxy) is 1. The van der Waals surface area contributed by atoms with E-state index in [2.05, 4.69) is 9.99 Å². The highest BCUT2D eigenvalue weighted by molar-refractivity contribution is 8.26. The number of nitrogens with zero attached hydrogens (tertiary/aromatic N) is 2. The van der Waals surface area contributed by atoms with Crippen LogP contribution in [0.25, 0.3) is 17.0 Å². The highest BCUT2D eigenvalue weighted by Gasteiger charge is 2.34. The first kappa shape index (κ1) is 24.1. The molecule has 3 aromatic carbocycles. The molecule has 1 aliphatic rings. The number of rotatable bonds is 6. The average Bonchev–Trinajstić information content (AvgIpc) is 3.37. The van der Waals surface area contributed by atoms with Gasteiger partial charge in [0.25, 0.3) is 11.8 Å². The molecule has 180 valence electrons. The maximum atomic E-state index is 13.2. The molecule has 0 bridgehead atoms. The molecule has 1 aromatic heterocycles. The summed E-state index contributed by atoms with van der Waals surface area (Å²) in [6, 6.07) is 22.3. The van der Waals surface area contributed by atoms with Crippen molar-refractivity contribution in [2.24, 2.45) is 0 Å². The third-order valence-electron chi connectivity index (χ3n) is 5.76. The van der Waals surface area contributed by atoms with E-state index in [4.69, 9.17) is 28.6 Å². The summed E-state index contributed by atoms with van der Waals surface area (Å²) in [5.41, 5.74) is 5.89. The van der Waals surface area contributed by atoms with Crippen LogP contribution < -0.4 is 10.2 Å². The number of aromatic nitrogens is 1. The van der Waals surface area contributed by atoms with E-state index in [-0.39, 0.29) is 10.2 Å². The first-order valence-corrected chi connectivity index (χ1v) is 12.6. The summed E-state index contributed by atoms with van der Waals surface area (Å²) in [5.74, 6) is -0.185. The lowest BCUT2D eigenvalue weighted by atomic mass is 10.1. The molecular formula is C27H20ClN3O3S2. The third-order valence-corrected chi connectivity index (χ3v) is 7.43. The summed E-state index contributed by atoms with van der Waals surface area (Å²) in [6.07, 6.45) is 3.81. The van der Waals surface area contributed by atoms with Crippen LogP contribution >= 0.6 is 35.6 Å². The lowest BCUT2D eigenvalue weighted by Crippen LogP contribution is -2.44. The fourth-order valence-corrected chi connectivity index (χ4v) is 5.31. The molecule has 0 atom stereocenters. The minimum absolute atomic E-state index is 0.257. The molecule has 2 amide bonds. The molecule has 0 radical (unpaired) electrons. The van der Waals surface area contributed by atoms with Crippen molar-refractivity contribution in [1.29, 1.82) is 0 Å². The number of carbonyl (C=O) groups excluding carboxylic acids is 2. The highest BCUT2D eigenvalue weighted by Crippen LogP contribution is 2.34. The van der Waals surface area contributed by atoms with Gasteiger partial charge in [-0.2, -0.15) is 5.01 Å². The van der Waals surface area contributed by atoms with Gasteiger partial charge in [-0.15, -0.1) is 0 Å². The second-order valence-corrected chi connectivity index (χ2v) is 10.1.